The number of halogens is 1. The van der Waals surface area contributed by atoms with E-state index in [1.54, 1.807) is 6.20 Å². The number of hydrogen-bond acceptors (Lipinski definition) is 1. The highest BCUT2D eigenvalue weighted by Crippen LogP contribution is 2.25. The molecule has 0 aliphatic rings. The van der Waals surface area contributed by atoms with Crippen molar-refractivity contribution in [1.29, 1.82) is 0 Å². The summed E-state index contributed by atoms with van der Waals surface area (Å²) in [5.74, 6) is 0. The van der Waals surface area contributed by atoms with E-state index >= 15 is 0 Å². The van der Waals surface area contributed by atoms with E-state index in [0.29, 0.717) is 0 Å². The Labute approximate surface area is 75.8 Å². The fourth-order valence-corrected chi connectivity index (χ4v) is 1.51. The van der Waals surface area contributed by atoms with Crippen LogP contribution in [0.2, 0.25) is 5.02 Å². The lowest BCUT2D eigenvalue weighted by molar-refractivity contribution is 0.797. The van der Waals surface area contributed by atoms with Gasteiger partial charge in [0.05, 0.1) is 16.7 Å². The topological polar surface area (TPSA) is 17.8 Å². The van der Waals surface area contributed by atoms with Crippen LogP contribution in [0.1, 0.15) is 5.56 Å². The molecule has 3 heteroatoms. The Bertz CT molecular complexity index is 431. The first-order valence-corrected chi connectivity index (χ1v) is 4.15. The van der Waals surface area contributed by atoms with Crippen LogP contribution < -0.4 is 0 Å². The van der Waals surface area contributed by atoms with Gasteiger partial charge in [-0.3, -0.25) is 4.68 Å². The summed E-state index contributed by atoms with van der Waals surface area (Å²) in [6.07, 6.45) is 1.80. The van der Waals surface area contributed by atoms with E-state index in [-0.39, 0.29) is 0 Å². The van der Waals surface area contributed by atoms with Crippen molar-refractivity contribution in [2.45, 2.75) is 6.92 Å². The lowest BCUT2D eigenvalue weighted by atomic mass is 10.2. The van der Waals surface area contributed by atoms with Crippen LogP contribution >= 0.6 is 11.6 Å². The van der Waals surface area contributed by atoms with E-state index < -0.39 is 0 Å². The molecule has 1 aromatic heterocycles. The third kappa shape index (κ3) is 0.916. The van der Waals surface area contributed by atoms with Gasteiger partial charge in [-0.1, -0.05) is 17.7 Å². The van der Waals surface area contributed by atoms with E-state index in [0.717, 1.165) is 21.5 Å². The maximum absolute atomic E-state index is 6.09. The quantitative estimate of drug-likeness (QED) is 0.609. The maximum Gasteiger partial charge on any atom is 0.0694 e. The zero-order valence-electron chi connectivity index (χ0n) is 7.00. The minimum Gasteiger partial charge on any atom is -0.268 e. The number of benzene rings is 1. The van der Waals surface area contributed by atoms with Gasteiger partial charge in [0.1, 0.15) is 0 Å². The van der Waals surface area contributed by atoms with Crippen LogP contribution in [0.5, 0.6) is 0 Å². The van der Waals surface area contributed by atoms with Crippen LogP contribution in [0.15, 0.2) is 18.3 Å². The monoisotopic (exact) mass is 180 g/mol. The van der Waals surface area contributed by atoms with Crippen molar-refractivity contribution in [1.82, 2.24) is 9.78 Å². The summed E-state index contributed by atoms with van der Waals surface area (Å²) >= 11 is 6.09. The van der Waals surface area contributed by atoms with Gasteiger partial charge in [-0.15, -0.1) is 0 Å². The second-order valence-corrected chi connectivity index (χ2v) is 3.28. The molecule has 0 aliphatic heterocycles. The summed E-state index contributed by atoms with van der Waals surface area (Å²) in [4.78, 5) is 0. The van der Waals surface area contributed by atoms with E-state index in [4.69, 9.17) is 11.6 Å². The molecular weight excluding hydrogens is 172 g/mol. The molecule has 0 atom stereocenters. The Hall–Kier alpha value is -1.02. The Morgan fingerprint density at radius 2 is 2.17 bits per heavy atom. The van der Waals surface area contributed by atoms with Gasteiger partial charge in [0.15, 0.2) is 0 Å². The van der Waals surface area contributed by atoms with E-state index in [1.807, 2.05) is 30.8 Å². The molecule has 0 amide bonds. The van der Waals surface area contributed by atoms with Crippen LogP contribution in [-0.2, 0) is 7.05 Å². The first-order chi connectivity index (χ1) is 5.70. The van der Waals surface area contributed by atoms with Gasteiger partial charge in [0, 0.05) is 12.4 Å². The second kappa shape index (κ2) is 2.49. The molecule has 0 unspecified atom stereocenters. The van der Waals surface area contributed by atoms with Crippen LogP contribution in [0.3, 0.4) is 0 Å². The van der Waals surface area contributed by atoms with Gasteiger partial charge in [-0.05, 0) is 18.6 Å². The van der Waals surface area contributed by atoms with E-state index in [1.165, 1.54) is 0 Å². The summed E-state index contributed by atoms with van der Waals surface area (Å²) in [7, 11) is 1.91. The minimum atomic E-state index is 0.806. The first-order valence-electron chi connectivity index (χ1n) is 3.77. The molecule has 2 nitrogen and oxygen atoms in total. The van der Waals surface area contributed by atoms with Crippen LogP contribution in [0, 0.1) is 6.92 Å². The van der Waals surface area contributed by atoms with Gasteiger partial charge in [-0.25, -0.2) is 0 Å². The molecule has 2 aromatic rings. The van der Waals surface area contributed by atoms with Crippen molar-refractivity contribution in [3.8, 4) is 0 Å². The van der Waals surface area contributed by atoms with Gasteiger partial charge in [0.2, 0.25) is 0 Å². The predicted molar refractivity (Wildman–Crippen MR) is 50.5 cm³/mol. The third-order valence-corrected chi connectivity index (χ3v) is 2.56. The van der Waals surface area contributed by atoms with Crippen molar-refractivity contribution in [2.24, 2.45) is 7.05 Å². The Balaban J connectivity index is 2.93. The van der Waals surface area contributed by atoms with Crippen molar-refractivity contribution in [3.63, 3.8) is 0 Å². The predicted octanol–water partition coefficient (Wildman–Crippen LogP) is 2.54. The Morgan fingerprint density at radius 1 is 1.42 bits per heavy atom. The molecule has 0 saturated heterocycles. The standard InChI is InChI=1S/C9H9ClN2/c1-6-3-4-8-7(9(6)10)5-11-12(8)2/h3-5H,1-2H3. The lowest BCUT2D eigenvalue weighted by Gasteiger charge is -1.98. The van der Waals surface area contributed by atoms with Crippen LogP contribution in [-0.4, -0.2) is 9.78 Å². The van der Waals surface area contributed by atoms with Crippen molar-refractivity contribution in [2.75, 3.05) is 0 Å². The first kappa shape index (κ1) is 7.62. The summed E-state index contributed by atoms with van der Waals surface area (Å²) in [6.45, 7) is 1.99. The second-order valence-electron chi connectivity index (χ2n) is 2.90. The average Bonchev–Trinajstić information content (AvgIpc) is 2.41. The molecular formula is C9H9ClN2. The highest BCUT2D eigenvalue weighted by molar-refractivity contribution is 6.36. The SMILES string of the molecule is Cc1ccc2c(cnn2C)c1Cl. The molecule has 12 heavy (non-hydrogen) atoms. The zero-order chi connectivity index (χ0) is 8.72. The van der Waals surface area contributed by atoms with Gasteiger partial charge < -0.3 is 0 Å². The molecule has 0 bridgehead atoms. The summed E-state index contributed by atoms with van der Waals surface area (Å²) in [6, 6.07) is 4.04. The Kier molecular flexibility index (Phi) is 1.58. The van der Waals surface area contributed by atoms with E-state index in [2.05, 4.69) is 5.10 Å². The van der Waals surface area contributed by atoms with Gasteiger partial charge >= 0.3 is 0 Å². The van der Waals surface area contributed by atoms with Crippen LogP contribution in [0.4, 0.5) is 0 Å². The largest absolute Gasteiger partial charge is 0.268 e. The number of hydrogen-bond donors (Lipinski definition) is 0. The van der Waals surface area contributed by atoms with E-state index in [9.17, 15) is 0 Å². The molecule has 2 rings (SSSR count). The fraction of sp³-hybridized carbons (Fsp3) is 0.222. The number of aromatic nitrogens is 2. The summed E-state index contributed by atoms with van der Waals surface area (Å²) < 4.78 is 1.82. The van der Waals surface area contributed by atoms with Crippen LogP contribution in [0.25, 0.3) is 10.9 Å². The highest BCUT2D eigenvalue weighted by Gasteiger charge is 2.04. The normalized spacial score (nSPS) is 10.9. The molecule has 0 aliphatic carbocycles. The molecule has 0 N–H and O–H groups in total. The van der Waals surface area contributed by atoms with Crippen molar-refractivity contribution in [3.05, 3.63) is 28.9 Å². The molecule has 0 radical (unpaired) electrons. The molecule has 62 valence electrons. The number of aryl methyl sites for hydroxylation is 2. The molecule has 1 aromatic carbocycles. The molecule has 0 saturated carbocycles. The molecule has 1 heterocycles. The third-order valence-electron chi connectivity index (χ3n) is 2.06. The number of fused-ring (bicyclic) bond motifs is 1. The van der Waals surface area contributed by atoms with Gasteiger partial charge in [0.25, 0.3) is 0 Å². The van der Waals surface area contributed by atoms with Crippen molar-refractivity contribution >= 4 is 22.5 Å². The number of rotatable bonds is 0. The zero-order valence-corrected chi connectivity index (χ0v) is 7.76. The molecule has 0 spiro atoms. The summed E-state index contributed by atoms with van der Waals surface area (Å²) in [5, 5.41) is 5.96. The van der Waals surface area contributed by atoms with Gasteiger partial charge in [-0.2, -0.15) is 5.10 Å². The maximum atomic E-state index is 6.09. The highest BCUT2D eigenvalue weighted by atomic mass is 35.5. The molecule has 0 fully saturated rings. The smallest absolute Gasteiger partial charge is 0.0694 e. The van der Waals surface area contributed by atoms with Crippen molar-refractivity contribution < 1.29 is 0 Å². The minimum absolute atomic E-state index is 0.806. The number of nitrogens with zero attached hydrogens (tertiary/aromatic N) is 2. The lowest BCUT2D eigenvalue weighted by Crippen LogP contribution is -1.88. The Morgan fingerprint density at radius 3 is 2.92 bits per heavy atom. The summed E-state index contributed by atoms with van der Waals surface area (Å²) in [5.41, 5.74) is 2.17. The average molecular weight is 181 g/mol. The fourth-order valence-electron chi connectivity index (χ4n) is 1.30.